The van der Waals surface area contributed by atoms with E-state index in [1.165, 1.54) is 15.9 Å². The van der Waals surface area contributed by atoms with Gasteiger partial charge in [0.2, 0.25) is 16.7 Å². The summed E-state index contributed by atoms with van der Waals surface area (Å²) in [6.45, 7) is 6.39. The molecule has 1 atom stereocenters. The van der Waals surface area contributed by atoms with Crippen molar-refractivity contribution in [2.75, 3.05) is 33.3 Å². The number of amides is 1. The van der Waals surface area contributed by atoms with Crippen LogP contribution in [0.4, 0.5) is 0 Å². The van der Waals surface area contributed by atoms with Gasteiger partial charge in [-0.25, -0.2) is 4.98 Å². The van der Waals surface area contributed by atoms with Gasteiger partial charge in [-0.1, -0.05) is 30.4 Å². The van der Waals surface area contributed by atoms with E-state index in [-0.39, 0.29) is 17.8 Å². The number of methoxy groups -OCH3 is 1. The Hall–Kier alpha value is -2.65. The molecule has 1 aliphatic heterocycles. The Morgan fingerprint density at radius 2 is 1.93 bits per heavy atom. The van der Waals surface area contributed by atoms with E-state index >= 15 is 0 Å². The predicted molar refractivity (Wildman–Crippen MR) is 111 cm³/mol. The van der Waals surface area contributed by atoms with Crippen LogP contribution in [0.5, 0.6) is 11.6 Å². The molecular formula is C20H25N5O3S. The first kappa shape index (κ1) is 19.7. The van der Waals surface area contributed by atoms with E-state index in [1.54, 1.807) is 14.0 Å². The van der Waals surface area contributed by atoms with E-state index in [1.807, 2.05) is 36.1 Å². The summed E-state index contributed by atoms with van der Waals surface area (Å²) in [4.78, 5) is 21.9. The number of carbonyl (C=O) groups is 1. The summed E-state index contributed by atoms with van der Waals surface area (Å²) >= 11 is 1.46. The molecule has 0 unspecified atom stereocenters. The first-order valence-electron chi connectivity index (χ1n) is 9.72. The van der Waals surface area contributed by atoms with Gasteiger partial charge in [0, 0.05) is 39.5 Å². The van der Waals surface area contributed by atoms with Gasteiger partial charge in [0.05, 0.1) is 18.0 Å². The summed E-state index contributed by atoms with van der Waals surface area (Å²) in [5, 5.41) is 15.4. The van der Waals surface area contributed by atoms with E-state index in [2.05, 4.69) is 15.0 Å². The molecule has 0 aliphatic carbocycles. The highest BCUT2D eigenvalue weighted by molar-refractivity contribution is 7.17. The van der Waals surface area contributed by atoms with Crippen LogP contribution in [0.1, 0.15) is 36.2 Å². The molecule has 1 aliphatic rings. The van der Waals surface area contributed by atoms with Crippen molar-refractivity contribution in [1.82, 2.24) is 24.4 Å². The fraction of sp³-hybridized carbons (Fsp3) is 0.450. The number of carbonyl (C=O) groups excluding carboxylic acids is 1. The lowest BCUT2D eigenvalue weighted by atomic mass is 10.0. The Labute approximate surface area is 173 Å². The number of nitrogens with zero attached hydrogens (tertiary/aromatic N) is 5. The molecule has 3 heterocycles. The molecule has 1 fully saturated rings. The van der Waals surface area contributed by atoms with E-state index in [0.717, 1.165) is 35.7 Å². The predicted octanol–water partition coefficient (Wildman–Crippen LogP) is 2.32. The lowest BCUT2D eigenvalue weighted by Gasteiger charge is -2.38. The van der Waals surface area contributed by atoms with Crippen LogP contribution < -0.4 is 4.74 Å². The summed E-state index contributed by atoms with van der Waals surface area (Å²) in [5.41, 5.74) is 1.05. The third kappa shape index (κ3) is 3.67. The largest absolute Gasteiger partial charge is 0.497 e. The molecule has 1 saturated heterocycles. The number of hydrogen-bond donors (Lipinski definition) is 1. The van der Waals surface area contributed by atoms with Crippen molar-refractivity contribution < 1.29 is 14.6 Å². The maximum atomic E-state index is 11.7. The second-order valence-corrected chi connectivity index (χ2v) is 8.09. The maximum absolute atomic E-state index is 11.7. The third-order valence-corrected chi connectivity index (χ3v) is 6.44. The van der Waals surface area contributed by atoms with Crippen molar-refractivity contribution in [3.05, 3.63) is 40.5 Å². The van der Waals surface area contributed by atoms with Crippen molar-refractivity contribution in [1.29, 1.82) is 0 Å². The molecule has 1 N–H and O–H groups in total. The monoisotopic (exact) mass is 415 g/mol. The van der Waals surface area contributed by atoms with Gasteiger partial charge in [0.15, 0.2) is 5.82 Å². The van der Waals surface area contributed by atoms with Gasteiger partial charge in [-0.3, -0.25) is 9.69 Å². The smallest absolute Gasteiger partial charge is 0.230 e. The Bertz CT molecular complexity index is 1010. The maximum Gasteiger partial charge on any atom is 0.230 e. The van der Waals surface area contributed by atoms with Crippen molar-refractivity contribution in [3.8, 4) is 11.6 Å². The van der Waals surface area contributed by atoms with Crippen molar-refractivity contribution in [2.24, 2.45) is 0 Å². The number of thiazole rings is 1. The van der Waals surface area contributed by atoms with Crippen LogP contribution in [0.3, 0.4) is 0 Å². The topological polar surface area (TPSA) is 83.2 Å². The summed E-state index contributed by atoms with van der Waals surface area (Å²) in [7, 11) is 1.64. The number of aromatic hydroxyl groups is 1. The number of aryl methyl sites for hydroxylation is 1. The van der Waals surface area contributed by atoms with E-state index in [4.69, 9.17) is 4.74 Å². The average Bonchev–Trinajstić information content (AvgIpc) is 3.28. The van der Waals surface area contributed by atoms with Crippen LogP contribution in [0, 0.1) is 0 Å². The zero-order valence-electron chi connectivity index (χ0n) is 16.8. The van der Waals surface area contributed by atoms with Crippen molar-refractivity contribution in [3.63, 3.8) is 0 Å². The number of rotatable bonds is 5. The highest BCUT2D eigenvalue weighted by atomic mass is 32.1. The highest BCUT2D eigenvalue weighted by Crippen LogP contribution is 2.40. The molecule has 0 radical (unpaired) electrons. The third-order valence-electron chi connectivity index (χ3n) is 5.36. The molecule has 0 spiro atoms. The lowest BCUT2D eigenvalue weighted by molar-refractivity contribution is -0.130. The summed E-state index contributed by atoms with van der Waals surface area (Å²) < 4.78 is 6.83. The highest BCUT2D eigenvalue weighted by Gasteiger charge is 2.32. The van der Waals surface area contributed by atoms with Gasteiger partial charge in [-0.05, 0) is 17.7 Å². The molecule has 0 saturated carbocycles. The number of ether oxygens (including phenoxy) is 1. The summed E-state index contributed by atoms with van der Waals surface area (Å²) in [5.74, 6) is 1.73. The van der Waals surface area contributed by atoms with Gasteiger partial charge in [-0.15, -0.1) is 5.10 Å². The van der Waals surface area contributed by atoms with Crippen LogP contribution in [0.2, 0.25) is 0 Å². The molecule has 0 bridgehead atoms. The normalized spacial score (nSPS) is 16.3. The molecule has 1 aromatic carbocycles. The van der Waals surface area contributed by atoms with Gasteiger partial charge < -0.3 is 14.7 Å². The van der Waals surface area contributed by atoms with Crippen LogP contribution in [0.15, 0.2) is 24.3 Å². The zero-order chi connectivity index (χ0) is 20.5. The molecule has 1 amide bonds. The second-order valence-electron chi connectivity index (χ2n) is 7.08. The Morgan fingerprint density at radius 3 is 2.48 bits per heavy atom. The van der Waals surface area contributed by atoms with Crippen molar-refractivity contribution >= 4 is 22.2 Å². The zero-order valence-corrected chi connectivity index (χ0v) is 17.6. The fourth-order valence-corrected chi connectivity index (χ4v) is 4.86. The molecule has 2 aromatic heterocycles. The van der Waals surface area contributed by atoms with E-state index in [9.17, 15) is 9.90 Å². The van der Waals surface area contributed by atoms with Gasteiger partial charge in [0.25, 0.3) is 0 Å². The minimum atomic E-state index is -0.145. The number of piperazine rings is 1. The number of fused-ring (bicyclic) bond motifs is 1. The minimum Gasteiger partial charge on any atom is -0.497 e. The second kappa shape index (κ2) is 8.00. The van der Waals surface area contributed by atoms with Crippen LogP contribution in [0.25, 0.3) is 4.96 Å². The van der Waals surface area contributed by atoms with Crippen LogP contribution in [-0.2, 0) is 11.2 Å². The summed E-state index contributed by atoms with van der Waals surface area (Å²) in [6, 6.07) is 7.75. The quantitative estimate of drug-likeness (QED) is 0.689. The minimum absolute atomic E-state index is 0.0967. The van der Waals surface area contributed by atoms with Crippen molar-refractivity contribution in [2.45, 2.75) is 26.3 Å². The van der Waals surface area contributed by atoms with E-state index < -0.39 is 0 Å². The Kier molecular flexibility index (Phi) is 5.42. The van der Waals surface area contributed by atoms with Gasteiger partial charge in [-0.2, -0.15) is 4.52 Å². The first-order valence-corrected chi connectivity index (χ1v) is 10.5. The average molecular weight is 416 g/mol. The number of benzene rings is 1. The lowest BCUT2D eigenvalue weighted by Crippen LogP contribution is -2.49. The SMILES string of the molecule is CCc1nc2sc([C@H](c3ccc(OC)cc3)N3CCN(C(C)=O)CC3)c(O)n2n1. The first-order chi connectivity index (χ1) is 14.0. The molecular weight excluding hydrogens is 390 g/mol. The number of aromatic nitrogens is 3. The molecule has 9 heteroatoms. The Morgan fingerprint density at radius 1 is 1.24 bits per heavy atom. The van der Waals surface area contributed by atoms with Gasteiger partial charge in [0.1, 0.15) is 5.75 Å². The van der Waals surface area contributed by atoms with Gasteiger partial charge >= 0.3 is 0 Å². The van der Waals surface area contributed by atoms with Crippen LogP contribution >= 0.6 is 11.3 Å². The standard InChI is InChI=1S/C20H25N5O3S/c1-4-16-21-20-25(22-16)19(27)18(29-20)17(14-5-7-15(28-3)8-6-14)24-11-9-23(10-12-24)13(2)26/h5-8,17,27H,4,9-12H2,1-3H3/t17-/m0/s1. The Balaban J connectivity index is 1.73. The summed E-state index contributed by atoms with van der Waals surface area (Å²) in [6.07, 6.45) is 0.720. The van der Waals surface area contributed by atoms with E-state index in [0.29, 0.717) is 23.9 Å². The molecule has 4 rings (SSSR count). The molecule has 29 heavy (non-hydrogen) atoms. The molecule has 8 nitrogen and oxygen atoms in total. The molecule has 154 valence electrons. The van der Waals surface area contributed by atoms with Crippen LogP contribution in [-0.4, -0.2) is 68.7 Å². The molecule has 3 aromatic rings. The fourth-order valence-electron chi connectivity index (χ4n) is 3.73. The number of hydrogen-bond acceptors (Lipinski definition) is 7.